The maximum atomic E-state index is 13.3. The van der Waals surface area contributed by atoms with Crippen molar-refractivity contribution in [1.82, 2.24) is 9.80 Å². The summed E-state index contributed by atoms with van der Waals surface area (Å²) in [5.74, 6) is -1.32. The number of aliphatic hydroxyl groups is 1. The molecule has 2 aromatic carbocycles. The molecule has 1 saturated heterocycles. The van der Waals surface area contributed by atoms with Gasteiger partial charge in [0.05, 0.1) is 24.8 Å². The molecule has 0 saturated carbocycles. The lowest BCUT2D eigenvalue weighted by Crippen LogP contribution is -2.39. The summed E-state index contributed by atoms with van der Waals surface area (Å²) < 4.78 is 5.41. The SMILES string of the molecule is CN(C)c1ccc(C2C(C(=O)/C=C/c3ccccc3)=C(O)C(=O)N2CCCN2CCOCC2)cc1. The molecule has 2 aromatic rings. The number of carbonyl (C=O) groups is 2. The molecular formula is C28H33N3O4. The van der Waals surface area contributed by atoms with E-state index in [4.69, 9.17) is 4.74 Å². The fraction of sp³-hybridized carbons (Fsp3) is 0.357. The van der Waals surface area contributed by atoms with Gasteiger partial charge >= 0.3 is 0 Å². The van der Waals surface area contributed by atoms with Crippen LogP contribution in [0.1, 0.15) is 23.6 Å². The van der Waals surface area contributed by atoms with Crippen molar-refractivity contribution in [3.8, 4) is 0 Å². The number of rotatable bonds is 9. The molecule has 184 valence electrons. The first-order chi connectivity index (χ1) is 17.0. The number of ketones is 1. The van der Waals surface area contributed by atoms with Gasteiger partial charge in [0.2, 0.25) is 0 Å². The zero-order valence-corrected chi connectivity index (χ0v) is 20.4. The van der Waals surface area contributed by atoms with Crippen molar-refractivity contribution in [1.29, 1.82) is 0 Å². The Bertz CT molecular complexity index is 1090. The molecule has 0 bridgehead atoms. The van der Waals surface area contributed by atoms with Crippen molar-refractivity contribution in [2.24, 2.45) is 0 Å². The molecule has 1 atom stereocenters. The van der Waals surface area contributed by atoms with E-state index in [1.165, 1.54) is 6.08 Å². The van der Waals surface area contributed by atoms with E-state index in [0.717, 1.165) is 56.1 Å². The molecule has 7 heteroatoms. The molecule has 0 aliphatic carbocycles. The summed E-state index contributed by atoms with van der Waals surface area (Å²) in [6.07, 6.45) is 3.89. The molecule has 0 radical (unpaired) electrons. The van der Waals surface area contributed by atoms with Crippen molar-refractivity contribution in [2.45, 2.75) is 12.5 Å². The van der Waals surface area contributed by atoms with Crippen LogP contribution in [-0.2, 0) is 14.3 Å². The average molecular weight is 476 g/mol. The molecule has 1 fully saturated rings. The number of aliphatic hydroxyl groups excluding tert-OH is 1. The third kappa shape index (κ3) is 5.81. The van der Waals surface area contributed by atoms with Crippen LogP contribution in [0.4, 0.5) is 5.69 Å². The second-order valence-electron chi connectivity index (χ2n) is 9.07. The molecule has 1 N–H and O–H groups in total. The van der Waals surface area contributed by atoms with Crippen LogP contribution in [0, 0.1) is 0 Å². The lowest BCUT2D eigenvalue weighted by Gasteiger charge is -2.30. The molecule has 2 heterocycles. The van der Waals surface area contributed by atoms with Crippen LogP contribution in [0.15, 0.2) is 72.0 Å². The highest BCUT2D eigenvalue weighted by atomic mass is 16.5. The van der Waals surface area contributed by atoms with Gasteiger partial charge in [-0.3, -0.25) is 14.5 Å². The Morgan fingerprint density at radius 3 is 2.40 bits per heavy atom. The Morgan fingerprint density at radius 2 is 1.74 bits per heavy atom. The van der Waals surface area contributed by atoms with Crippen molar-refractivity contribution in [3.63, 3.8) is 0 Å². The Labute approximate surface area is 206 Å². The van der Waals surface area contributed by atoms with E-state index in [2.05, 4.69) is 4.90 Å². The van der Waals surface area contributed by atoms with E-state index < -0.39 is 17.7 Å². The van der Waals surface area contributed by atoms with Crippen LogP contribution in [0.2, 0.25) is 0 Å². The first kappa shape index (κ1) is 24.7. The van der Waals surface area contributed by atoms with Gasteiger partial charge in [0, 0.05) is 46.0 Å². The molecule has 35 heavy (non-hydrogen) atoms. The molecule has 2 aliphatic heterocycles. The van der Waals surface area contributed by atoms with E-state index in [9.17, 15) is 14.7 Å². The van der Waals surface area contributed by atoms with Gasteiger partial charge < -0.3 is 19.6 Å². The highest BCUT2D eigenvalue weighted by molar-refractivity contribution is 6.14. The van der Waals surface area contributed by atoms with Gasteiger partial charge in [0.15, 0.2) is 11.5 Å². The number of hydrogen-bond acceptors (Lipinski definition) is 6. The van der Waals surface area contributed by atoms with E-state index >= 15 is 0 Å². The van der Waals surface area contributed by atoms with Gasteiger partial charge in [0.1, 0.15) is 0 Å². The predicted molar refractivity (Wildman–Crippen MR) is 137 cm³/mol. The van der Waals surface area contributed by atoms with Crippen LogP contribution in [0.25, 0.3) is 6.08 Å². The zero-order chi connectivity index (χ0) is 24.8. The second-order valence-corrected chi connectivity index (χ2v) is 9.07. The number of anilines is 1. The predicted octanol–water partition coefficient (Wildman–Crippen LogP) is 3.45. The summed E-state index contributed by atoms with van der Waals surface area (Å²) in [5, 5.41) is 10.8. The number of ether oxygens (including phenoxy) is 1. The molecule has 1 unspecified atom stereocenters. The molecule has 7 nitrogen and oxygen atoms in total. The second kappa shape index (κ2) is 11.3. The summed E-state index contributed by atoms with van der Waals surface area (Å²) in [6, 6.07) is 16.6. The third-order valence-electron chi connectivity index (χ3n) is 6.50. The van der Waals surface area contributed by atoms with Crippen molar-refractivity contribution in [3.05, 3.63) is 83.1 Å². The van der Waals surface area contributed by atoms with E-state index in [1.54, 1.807) is 11.0 Å². The number of benzene rings is 2. The van der Waals surface area contributed by atoms with Crippen molar-refractivity contribution in [2.75, 3.05) is 58.4 Å². The van der Waals surface area contributed by atoms with Crippen molar-refractivity contribution < 1.29 is 19.4 Å². The minimum Gasteiger partial charge on any atom is -0.503 e. The van der Waals surface area contributed by atoms with Crippen LogP contribution >= 0.6 is 0 Å². The van der Waals surface area contributed by atoms with Crippen LogP contribution < -0.4 is 4.90 Å². The smallest absolute Gasteiger partial charge is 0.290 e. The number of morpholine rings is 1. The van der Waals surface area contributed by atoms with Crippen LogP contribution in [0.3, 0.4) is 0 Å². The Kier molecular flexibility index (Phi) is 8.00. The monoisotopic (exact) mass is 475 g/mol. The van der Waals surface area contributed by atoms with E-state index in [0.29, 0.717) is 6.54 Å². The maximum Gasteiger partial charge on any atom is 0.290 e. The number of amides is 1. The lowest BCUT2D eigenvalue weighted by atomic mass is 9.95. The average Bonchev–Trinajstić information content (AvgIpc) is 3.13. The number of hydrogen-bond donors (Lipinski definition) is 1. The zero-order valence-electron chi connectivity index (χ0n) is 20.4. The van der Waals surface area contributed by atoms with Crippen LogP contribution in [-0.4, -0.2) is 80.1 Å². The Balaban J connectivity index is 1.58. The van der Waals surface area contributed by atoms with Gasteiger partial charge in [-0.1, -0.05) is 48.5 Å². The quantitative estimate of drug-likeness (QED) is 0.560. The number of carbonyl (C=O) groups excluding carboxylic acids is 2. The highest BCUT2D eigenvalue weighted by Crippen LogP contribution is 2.38. The molecule has 4 rings (SSSR count). The summed E-state index contributed by atoms with van der Waals surface area (Å²) in [7, 11) is 3.92. The first-order valence-electron chi connectivity index (χ1n) is 12.0. The Morgan fingerprint density at radius 1 is 1.06 bits per heavy atom. The third-order valence-corrected chi connectivity index (χ3v) is 6.50. The summed E-state index contributed by atoms with van der Waals surface area (Å²) in [6.45, 7) is 4.47. The summed E-state index contributed by atoms with van der Waals surface area (Å²) >= 11 is 0. The minimum atomic E-state index is -0.628. The lowest BCUT2D eigenvalue weighted by molar-refractivity contribution is -0.129. The maximum absolute atomic E-state index is 13.3. The van der Waals surface area contributed by atoms with Gasteiger partial charge in [-0.25, -0.2) is 0 Å². The van der Waals surface area contributed by atoms with Crippen molar-refractivity contribution >= 4 is 23.5 Å². The summed E-state index contributed by atoms with van der Waals surface area (Å²) in [5.41, 5.74) is 2.82. The van der Waals surface area contributed by atoms with E-state index in [1.807, 2.05) is 73.6 Å². The molecule has 0 aromatic heterocycles. The molecule has 2 aliphatic rings. The largest absolute Gasteiger partial charge is 0.503 e. The number of nitrogens with zero attached hydrogens (tertiary/aromatic N) is 3. The highest BCUT2D eigenvalue weighted by Gasteiger charge is 2.42. The van der Waals surface area contributed by atoms with E-state index in [-0.39, 0.29) is 11.4 Å². The fourth-order valence-corrected chi connectivity index (χ4v) is 4.55. The van der Waals surface area contributed by atoms with Gasteiger partial charge in [-0.05, 0) is 35.8 Å². The van der Waals surface area contributed by atoms with Crippen LogP contribution in [0.5, 0.6) is 0 Å². The topological polar surface area (TPSA) is 73.3 Å². The first-order valence-corrected chi connectivity index (χ1v) is 12.0. The minimum absolute atomic E-state index is 0.131. The standard InChI is InChI=1S/C28H33N3O4/c1-29(2)23-12-10-22(11-13-23)26-25(24(32)14-9-21-7-4-3-5-8-21)27(33)28(34)31(26)16-6-15-30-17-19-35-20-18-30/h3-5,7-14,26,33H,6,15-20H2,1-2H3/b14-9+. The molecule has 1 amide bonds. The fourth-order valence-electron chi connectivity index (χ4n) is 4.55. The number of allylic oxidation sites excluding steroid dienone is 1. The molecular weight excluding hydrogens is 442 g/mol. The summed E-state index contributed by atoms with van der Waals surface area (Å²) in [4.78, 5) is 32.4. The Hall–Kier alpha value is -3.42. The molecule has 0 spiro atoms. The normalized spacial score (nSPS) is 19.1. The van der Waals surface area contributed by atoms with Gasteiger partial charge in [-0.15, -0.1) is 0 Å². The van der Waals surface area contributed by atoms with Gasteiger partial charge in [-0.2, -0.15) is 0 Å². The van der Waals surface area contributed by atoms with Gasteiger partial charge in [0.25, 0.3) is 5.91 Å².